The van der Waals surface area contributed by atoms with Gasteiger partial charge in [-0.05, 0) is 46.6 Å². The van der Waals surface area contributed by atoms with Crippen molar-refractivity contribution in [3.63, 3.8) is 0 Å². The summed E-state index contributed by atoms with van der Waals surface area (Å²) < 4.78 is 5.46. The molecule has 3 nitrogen and oxygen atoms in total. The van der Waals surface area contributed by atoms with Crippen molar-refractivity contribution in [3.05, 3.63) is 12.2 Å². The lowest BCUT2D eigenvalue weighted by Crippen LogP contribution is -2.41. The number of esters is 1. The molecule has 1 rings (SSSR count). The largest absolute Gasteiger partial charge is 0.459 e. The van der Waals surface area contributed by atoms with Crippen LogP contribution in [0.4, 0.5) is 0 Å². The molecule has 0 aromatic heterocycles. The molecule has 0 N–H and O–H groups in total. The summed E-state index contributed by atoms with van der Waals surface area (Å²) in [5.41, 5.74) is 0.785. The minimum Gasteiger partial charge on any atom is -0.459 e. The standard InChI is InChI=1S/C14H25NO2/c1-6-11(2)10-15-9-7-8-12(15)13(16)17-14(3,4)5/h12H,2,6-10H2,1,3-5H3/t12-/m1/s1. The highest BCUT2D eigenvalue weighted by Crippen LogP contribution is 2.22. The number of ether oxygens (including phenoxy) is 1. The van der Waals surface area contributed by atoms with Crippen molar-refractivity contribution < 1.29 is 9.53 Å². The van der Waals surface area contributed by atoms with Gasteiger partial charge in [0, 0.05) is 6.54 Å². The maximum atomic E-state index is 12.0. The lowest BCUT2D eigenvalue weighted by Gasteiger charge is -2.27. The van der Waals surface area contributed by atoms with Gasteiger partial charge in [-0.15, -0.1) is 0 Å². The van der Waals surface area contributed by atoms with Crippen molar-refractivity contribution in [2.45, 2.75) is 58.6 Å². The highest BCUT2D eigenvalue weighted by Gasteiger charge is 2.33. The minimum atomic E-state index is -0.396. The highest BCUT2D eigenvalue weighted by atomic mass is 16.6. The van der Waals surface area contributed by atoms with Gasteiger partial charge >= 0.3 is 5.97 Å². The van der Waals surface area contributed by atoms with E-state index in [1.165, 1.54) is 5.57 Å². The molecule has 17 heavy (non-hydrogen) atoms. The predicted molar refractivity (Wildman–Crippen MR) is 69.9 cm³/mol. The molecule has 1 atom stereocenters. The molecule has 0 bridgehead atoms. The fourth-order valence-electron chi connectivity index (χ4n) is 2.05. The van der Waals surface area contributed by atoms with E-state index in [0.717, 1.165) is 32.4 Å². The quantitative estimate of drug-likeness (QED) is 0.558. The number of hydrogen-bond donors (Lipinski definition) is 0. The summed E-state index contributed by atoms with van der Waals surface area (Å²) in [6.07, 6.45) is 2.95. The Balaban J connectivity index is 2.57. The van der Waals surface area contributed by atoms with E-state index >= 15 is 0 Å². The predicted octanol–water partition coefficient (Wildman–Crippen LogP) is 2.76. The SMILES string of the molecule is C=C(CC)CN1CCC[C@@H]1C(=O)OC(C)(C)C. The van der Waals surface area contributed by atoms with Crippen LogP contribution in [0.5, 0.6) is 0 Å². The first kappa shape index (κ1) is 14.2. The maximum Gasteiger partial charge on any atom is 0.323 e. The molecule has 0 aliphatic carbocycles. The van der Waals surface area contributed by atoms with E-state index in [2.05, 4.69) is 18.4 Å². The lowest BCUT2D eigenvalue weighted by molar-refractivity contribution is -0.160. The molecule has 1 fully saturated rings. The van der Waals surface area contributed by atoms with E-state index in [0.29, 0.717) is 0 Å². The van der Waals surface area contributed by atoms with Gasteiger partial charge in [-0.25, -0.2) is 0 Å². The Morgan fingerprint density at radius 3 is 2.65 bits per heavy atom. The van der Waals surface area contributed by atoms with Crippen LogP contribution in [0, 0.1) is 0 Å². The Hall–Kier alpha value is -0.830. The Morgan fingerprint density at radius 1 is 1.47 bits per heavy atom. The Bertz CT molecular complexity index is 291. The van der Waals surface area contributed by atoms with Crippen molar-refractivity contribution in [3.8, 4) is 0 Å². The second-order valence-corrected chi connectivity index (χ2v) is 5.77. The molecule has 3 heteroatoms. The minimum absolute atomic E-state index is 0.0717. The smallest absolute Gasteiger partial charge is 0.323 e. The van der Waals surface area contributed by atoms with Gasteiger partial charge in [0.15, 0.2) is 0 Å². The van der Waals surface area contributed by atoms with Crippen molar-refractivity contribution in [1.29, 1.82) is 0 Å². The Morgan fingerprint density at radius 2 is 2.12 bits per heavy atom. The summed E-state index contributed by atoms with van der Waals surface area (Å²) in [5, 5.41) is 0. The number of hydrogen-bond acceptors (Lipinski definition) is 3. The Kier molecular flexibility index (Phi) is 4.75. The molecule has 0 aromatic carbocycles. The van der Waals surface area contributed by atoms with Crippen LogP contribution in [0.15, 0.2) is 12.2 Å². The Labute approximate surface area is 105 Å². The molecular weight excluding hydrogens is 214 g/mol. The third-order valence-electron chi connectivity index (χ3n) is 2.97. The van der Waals surface area contributed by atoms with Crippen molar-refractivity contribution >= 4 is 5.97 Å². The van der Waals surface area contributed by atoms with Crippen LogP contribution in [0.25, 0.3) is 0 Å². The number of likely N-dealkylation sites (tertiary alicyclic amines) is 1. The maximum absolute atomic E-state index is 12.0. The molecule has 0 unspecified atom stereocenters. The van der Waals surface area contributed by atoms with E-state index in [9.17, 15) is 4.79 Å². The van der Waals surface area contributed by atoms with Crippen LogP contribution >= 0.6 is 0 Å². The molecular formula is C14H25NO2. The highest BCUT2D eigenvalue weighted by molar-refractivity contribution is 5.76. The average molecular weight is 239 g/mol. The van der Waals surface area contributed by atoms with Gasteiger partial charge < -0.3 is 4.74 Å². The summed E-state index contributed by atoms with van der Waals surface area (Å²) in [6, 6.07) is -0.0717. The molecule has 0 radical (unpaired) electrons. The second kappa shape index (κ2) is 5.67. The second-order valence-electron chi connectivity index (χ2n) is 5.77. The van der Waals surface area contributed by atoms with Crippen LogP contribution in [-0.4, -0.2) is 35.6 Å². The first-order chi connectivity index (χ1) is 7.83. The van der Waals surface area contributed by atoms with Crippen molar-refractivity contribution in [2.24, 2.45) is 0 Å². The van der Waals surface area contributed by atoms with E-state index < -0.39 is 5.60 Å². The third kappa shape index (κ3) is 4.50. The molecule has 0 saturated carbocycles. The summed E-state index contributed by atoms with van der Waals surface area (Å²) in [4.78, 5) is 14.2. The normalized spacial score (nSPS) is 21.5. The summed E-state index contributed by atoms with van der Waals surface area (Å²) in [5.74, 6) is -0.0843. The van der Waals surface area contributed by atoms with Gasteiger partial charge in [-0.3, -0.25) is 9.69 Å². The van der Waals surface area contributed by atoms with Gasteiger partial charge in [0.05, 0.1) is 0 Å². The van der Waals surface area contributed by atoms with Gasteiger partial charge in [0.1, 0.15) is 11.6 Å². The molecule has 0 amide bonds. The van der Waals surface area contributed by atoms with Gasteiger partial charge in [-0.2, -0.15) is 0 Å². The lowest BCUT2D eigenvalue weighted by atomic mass is 10.1. The zero-order valence-corrected chi connectivity index (χ0v) is 11.6. The van der Waals surface area contributed by atoms with Gasteiger partial charge in [-0.1, -0.05) is 19.1 Å². The fourth-order valence-corrected chi connectivity index (χ4v) is 2.05. The number of rotatable bonds is 4. The van der Waals surface area contributed by atoms with Crippen LogP contribution in [0.1, 0.15) is 47.0 Å². The van der Waals surface area contributed by atoms with E-state index in [-0.39, 0.29) is 12.0 Å². The molecule has 0 spiro atoms. The fraction of sp³-hybridized carbons (Fsp3) is 0.786. The molecule has 1 aliphatic rings. The van der Waals surface area contributed by atoms with E-state index in [1.807, 2.05) is 20.8 Å². The summed E-state index contributed by atoms with van der Waals surface area (Å²) in [7, 11) is 0. The van der Waals surface area contributed by atoms with Crippen LogP contribution in [-0.2, 0) is 9.53 Å². The molecule has 98 valence electrons. The van der Waals surface area contributed by atoms with Crippen molar-refractivity contribution in [2.75, 3.05) is 13.1 Å². The van der Waals surface area contributed by atoms with Gasteiger partial charge in [0.2, 0.25) is 0 Å². The van der Waals surface area contributed by atoms with Crippen LogP contribution < -0.4 is 0 Å². The number of nitrogens with zero attached hydrogens (tertiary/aromatic N) is 1. The first-order valence-electron chi connectivity index (χ1n) is 6.47. The van der Waals surface area contributed by atoms with Crippen LogP contribution in [0.3, 0.4) is 0 Å². The average Bonchev–Trinajstić information content (AvgIpc) is 2.63. The summed E-state index contributed by atoms with van der Waals surface area (Å²) >= 11 is 0. The topological polar surface area (TPSA) is 29.5 Å². The monoisotopic (exact) mass is 239 g/mol. The number of carbonyl (C=O) groups is 1. The third-order valence-corrected chi connectivity index (χ3v) is 2.97. The van der Waals surface area contributed by atoms with E-state index in [4.69, 9.17) is 4.74 Å². The van der Waals surface area contributed by atoms with Crippen molar-refractivity contribution in [1.82, 2.24) is 4.90 Å². The van der Waals surface area contributed by atoms with E-state index in [1.54, 1.807) is 0 Å². The molecule has 1 aliphatic heterocycles. The van der Waals surface area contributed by atoms with Gasteiger partial charge in [0.25, 0.3) is 0 Å². The summed E-state index contributed by atoms with van der Waals surface area (Å²) in [6.45, 7) is 13.6. The molecule has 0 aromatic rings. The zero-order chi connectivity index (χ0) is 13.1. The molecule has 1 saturated heterocycles. The van der Waals surface area contributed by atoms with Crippen LogP contribution in [0.2, 0.25) is 0 Å². The number of carbonyl (C=O) groups excluding carboxylic acids is 1. The molecule has 1 heterocycles. The first-order valence-corrected chi connectivity index (χ1v) is 6.47. The zero-order valence-electron chi connectivity index (χ0n) is 11.6.